The number of aromatic nitrogens is 1. The normalized spacial score (nSPS) is 24.4. The Morgan fingerprint density at radius 3 is 2.82 bits per heavy atom. The van der Waals surface area contributed by atoms with E-state index >= 15 is 0 Å². The van der Waals surface area contributed by atoms with Crippen molar-refractivity contribution in [1.82, 2.24) is 20.5 Å². The second-order valence-corrected chi connectivity index (χ2v) is 10.0. The van der Waals surface area contributed by atoms with Gasteiger partial charge in [-0.05, 0) is 49.7 Å². The van der Waals surface area contributed by atoms with Crippen LogP contribution in [0.2, 0.25) is 5.02 Å². The van der Waals surface area contributed by atoms with Gasteiger partial charge in [0.25, 0.3) is 5.91 Å². The molecule has 172 valence electrons. The van der Waals surface area contributed by atoms with E-state index in [-0.39, 0.29) is 35.5 Å². The molecule has 5 rings (SSSR count). The van der Waals surface area contributed by atoms with Crippen LogP contribution in [0.15, 0.2) is 24.3 Å². The van der Waals surface area contributed by atoms with Gasteiger partial charge >= 0.3 is 0 Å². The predicted octanol–water partition coefficient (Wildman–Crippen LogP) is 2.74. The third kappa shape index (κ3) is 3.95. The lowest BCUT2D eigenvalue weighted by molar-refractivity contribution is -0.126. The van der Waals surface area contributed by atoms with Gasteiger partial charge in [-0.15, -0.1) is 0 Å². The molecule has 3 unspecified atom stereocenters. The zero-order valence-corrected chi connectivity index (χ0v) is 19.0. The maximum absolute atomic E-state index is 13.5. The molecule has 3 heterocycles. The van der Waals surface area contributed by atoms with Crippen LogP contribution in [0.5, 0.6) is 0 Å². The largest absolute Gasteiger partial charge is 0.356 e. The van der Waals surface area contributed by atoms with E-state index in [9.17, 15) is 19.6 Å². The van der Waals surface area contributed by atoms with E-state index in [1.165, 1.54) is 0 Å². The minimum absolute atomic E-state index is 0.0329. The lowest BCUT2D eigenvalue weighted by atomic mass is 9.67. The van der Waals surface area contributed by atoms with E-state index in [2.05, 4.69) is 21.7 Å². The molecule has 3 aliphatic rings. The highest BCUT2D eigenvalue weighted by atomic mass is 35.5. The molecule has 33 heavy (non-hydrogen) atoms. The summed E-state index contributed by atoms with van der Waals surface area (Å²) in [4.78, 5) is 43.4. The fraction of sp³-hybridized carbons (Fsp3) is 0.500. The second kappa shape index (κ2) is 8.38. The number of likely N-dealkylation sites (tertiary alicyclic amines) is 1. The Hall–Kier alpha value is -3.05. The second-order valence-electron chi connectivity index (χ2n) is 9.60. The standard InChI is InChI=1S/C24H26ClN5O3/c25-17-4-1-3-14-10-18(29-20(14)17)23(33)30-13-24(6-2-7-24)11-19(30)22(32)28-16(12-26)9-15-5-8-27-21(15)31/h1,3-4,10,15-16,19,29H,2,5-9,11,13H2,(H,27,31)(H,28,32). The molecule has 0 radical (unpaired) electrons. The predicted molar refractivity (Wildman–Crippen MR) is 122 cm³/mol. The highest BCUT2D eigenvalue weighted by Crippen LogP contribution is 2.50. The first kappa shape index (κ1) is 21.8. The molecular weight excluding hydrogens is 442 g/mol. The summed E-state index contributed by atoms with van der Waals surface area (Å²) in [6.45, 7) is 1.12. The summed E-state index contributed by atoms with van der Waals surface area (Å²) in [5.41, 5.74) is 1.06. The van der Waals surface area contributed by atoms with Crippen LogP contribution in [0.4, 0.5) is 0 Å². The van der Waals surface area contributed by atoms with Gasteiger partial charge < -0.3 is 20.5 Å². The number of H-pyrrole nitrogens is 1. The van der Waals surface area contributed by atoms with Crippen LogP contribution in [0.3, 0.4) is 0 Å². The van der Waals surface area contributed by atoms with Crippen molar-refractivity contribution in [2.24, 2.45) is 11.3 Å². The fourth-order valence-corrected chi connectivity index (χ4v) is 5.73. The SMILES string of the molecule is N#CC(CC1CCNC1=O)NC(=O)C1CC2(CCC2)CN1C(=O)c1cc2cccc(Cl)c2[nH]1. The molecule has 1 aromatic heterocycles. The molecule has 2 saturated heterocycles. The highest BCUT2D eigenvalue weighted by Gasteiger charge is 2.52. The minimum atomic E-state index is -0.770. The molecule has 2 aliphatic heterocycles. The number of hydrogen-bond donors (Lipinski definition) is 3. The summed E-state index contributed by atoms with van der Waals surface area (Å²) >= 11 is 6.26. The zero-order valence-electron chi connectivity index (χ0n) is 18.2. The Morgan fingerprint density at radius 2 is 2.18 bits per heavy atom. The zero-order chi connectivity index (χ0) is 23.2. The number of rotatable bonds is 5. The molecular formula is C24H26ClN5O3. The van der Waals surface area contributed by atoms with E-state index in [0.29, 0.717) is 42.2 Å². The fourth-order valence-electron chi connectivity index (χ4n) is 5.50. The van der Waals surface area contributed by atoms with E-state index in [1.807, 2.05) is 12.1 Å². The first-order valence-corrected chi connectivity index (χ1v) is 11.8. The maximum atomic E-state index is 13.5. The number of carbonyl (C=O) groups excluding carboxylic acids is 3. The van der Waals surface area contributed by atoms with Crippen LogP contribution in [0.1, 0.15) is 49.0 Å². The van der Waals surface area contributed by atoms with Gasteiger partial charge in [0.15, 0.2) is 0 Å². The lowest BCUT2D eigenvalue weighted by Gasteiger charge is -2.37. The summed E-state index contributed by atoms with van der Waals surface area (Å²) in [6.07, 6.45) is 4.60. The van der Waals surface area contributed by atoms with E-state index < -0.39 is 12.1 Å². The summed E-state index contributed by atoms with van der Waals surface area (Å²) in [6, 6.07) is 7.94. The summed E-state index contributed by atoms with van der Waals surface area (Å²) in [7, 11) is 0. The number of amides is 3. The number of carbonyl (C=O) groups is 3. The van der Waals surface area contributed by atoms with E-state index in [0.717, 1.165) is 24.6 Å². The molecule has 0 bridgehead atoms. The van der Waals surface area contributed by atoms with Crippen LogP contribution in [0, 0.1) is 22.7 Å². The number of hydrogen-bond acceptors (Lipinski definition) is 4. The third-order valence-electron chi connectivity index (χ3n) is 7.48. The topological polar surface area (TPSA) is 118 Å². The Balaban J connectivity index is 1.35. The summed E-state index contributed by atoms with van der Waals surface area (Å²) in [5, 5.41) is 16.5. The third-order valence-corrected chi connectivity index (χ3v) is 7.79. The monoisotopic (exact) mass is 467 g/mol. The van der Waals surface area contributed by atoms with Crippen molar-refractivity contribution in [1.29, 1.82) is 5.26 Å². The lowest BCUT2D eigenvalue weighted by Crippen LogP contribution is -2.49. The van der Waals surface area contributed by atoms with Gasteiger partial charge in [0.2, 0.25) is 11.8 Å². The maximum Gasteiger partial charge on any atom is 0.271 e. The van der Waals surface area contributed by atoms with Crippen LogP contribution >= 0.6 is 11.6 Å². The molecule has 3 atom stereocenters. The Kier molecular flexibility index (Phi) is 5.53. The number of fused-ring (bicyclic) bond motifs is 1. The first-order valence-electron chi connectivity index (χ1n) is 11.4. The molecule has 1 saturated carbocycles. The van der Waals surface area contributed by atoms with E-state index in [1.54, 1.807) is 17.0 Å². The Bertz CT molecular complexity index is 1160. The van der Waals surface area contributed by atoms with E-state index in [4.69, 9.17) is 11.6 Å². The van der Waals surface area contributed by atoms with Crippen molar-refractivity contribution in [2.45, 2.75) is 50.6 Å². The molecule has 1 aliphatic carbocycles. The van der Waals surface area contributed by atoms with Crippen molar-refractivity contribution in [2.75, 3.05) is 13.1 Å². The number of halogens is 1. The first-order chi connectivity index (χ1) is 15.9. The van der Waals surface area contributed by atoms with Crippen molar-refractivity contribution >= 4 is 40.2 Å². The van der Waals surface area contributed by atoms with Crippen LogP contribution < -0.4 is 10.6 Å². The van der Waals surface area contributed by atoms with Gasteiger partial charge in [-0.1, -0.05) is 30.2 Å². The molecule has 9 heteroatoms. The number of nitrogens with one attached hydrogen (secondary N) is 3. The smallest absolute Gasteiger partial charge is 0.271 e. The van der Waals surface area contributed by atoms with Crippen LogP contribution in [-0.2, 0) is 9.59 Å². The van der Waals surface area contributed by atoms with Gasteiger partial charge in [-0.25, -0.2) is 0 Å². The number of para-hydroxylation sites is 1. The number of benzene rings is 1. The molecule has 1 aromatic carbocycles. The number of nitriles is 1. The van der Waals surface area contributed by atoms with Gasteiger partial charge in [-0.3, -0.25) is 14.4 Å². The van der Waals surface area contributed by atoms with Gasteiger partial charge in [-0.2, -0.15) is 5.26 Å². The average molecular weight is 468 g/mol. The Labute approximate surface area is 196 Å². The van der Waals surface area contributed by atoms with Crippen LogP contribution in [0.25, 0.3) is 10.9 Å². The molecule has 3 fully saturated rings. The molecule has 3 N–H and O–H groups in total. The van der Waals surface area contributed by atoms with Gasteiger partial charge in [0, 0.05) is 24.4 Å². The van der Waals surface area contributed by atoms with Crippen LogP contribution in [-0.4, -0.2) is 52.8 Å². The van der Waals surface area contributed by atoms with Gasteiger partial charge in [0.05, 0.1) is 16.6 Å². The minimum Gasteiger partial charge on any atom is -0.356 e. The average Bonchev–Trinajstić information content (AvgIpc) is 3.49. The quantitative estimate of drug-likeness (QED) is 0.626. The summed E-state index contributed by atoms with van der Waals surface area (Å²) in [5.74, 6) is -0.917. The molecule has 2 aromatic rings. The Morgan fingerprint density at radius 1 is 1.36 bits per heavy atom. The van der Waals surface area contributed by atoms with Crippen molar-refractivity contribution in [3.05, 3.63) is 35.0 Å². The summed E-state index contributed by atoms with van der Waals surface area (Å²) < 4.78 is 0. The van der Waals surface area contributed by atoms with Crippen molar-refractivity contribution in [3.8, 4) is 6.07 Å². The molecule has 1 spiro atoms. The highest BCUT2D eigenvalue weighted by molar-refractivity contribution is 6.35. The number of aromatic amines is 1. The van der Waals surface area contributed by atoms with Gasteiger partial charge in [0.1, 0.15) is 17.8 Å². The molecule has 8 nitrogen and oxygen atoms in total. The van der Waals surface area contributed by atoms with Crippen molar-refractivity contribution in [3.63, 3.8) is 0 Å². The molecule has 3 amide bonds. The number of nitrogens with zero attached hydrogens (tertiary/aromatic N) is 2. The van der Waals surface area contributed by atoms with Crippen molar-refractivity contribution < 1.29 is 14.4 Å².